The van der Waals surface area contributed by atoms with Crippen LogP contribution in [0.25, 0.3) is 11.1 Å². The van der Waals surface area contributed by atoms with Crippen LogP contribution in [-0.2, 0) is 17.9 Å². The average molecular weight is 446 g/mol. The first kappa shape index (κ1) is 25.8. The minimum absolute atomic E-state index is 0. The van der Waals surface area contributed by atoms with Crippen LogP contribution in [0.4, 0.5) is 0 Å². The number of furan rings is 1. The Hall–Kier alpha value is -2.43. The van der Waals surface area contributed by atoms with Gasteiger partial charge in [0.25, 0.3) is 5.91 Å². The number of benzene rings is 2. The van der Waals surface area contributed by atoms with Crippen molar-refractivity contribution in [1.82, 2.24) is 10.6 Å². The number of carbonyl (C=O) groups is 2. The Labute approximate surface area is 205 Å². The Morgan fingerprint density at radius 2 is 1.88 bits per heavy atom. The van der Waals surface area contributed by atoms with E-state index < -0.39 is 12.0 Å². The van der Waals surface area contributed by atoms with Gasteiger partial charge < -0.3 is 21.6 Å². The topological polar surface area (TPSA) is 91.6 Å². The number of aliphatic carboxylic acids is 1. The Bertz CT molecular complexity index is 1000. The Morgan fingerprint density at radius 1 is 1.09 bits per heavy atom. The van der Waals surface area contributed by atoms with Crippen molar-refractivity contribution >= 4 is 23.6 Å². The summed E-state index contributed by atoms with van der Waals surface area (Å²) in [4.78, 5) is 24.5. The molecular weight excluding hydrogens is 419 g/mol. The van der Waals surface area contributed by atoms with E-state index in [1.807, 2.05) is 60.9 Å². The summed E-state index contributed by atoms with van der Waals surface area (Å²) in [6, 6.07) is 18.1. The Morgan fingerprint density at radius 3 is 2.53 bits per heavy atom. The molecule has 0 spiro atoms. The van der Waals surface area contributed by atoms with Gasteiger partial charge in [0.1, 0.15) is 11.8 Å². The zero-order valence-corrected chi connectivity index (χ0v) is 19.2. The molecular formula is C24H27LiN2O4S. The number of carboxylic acids is 1. The molecule has 0 aliphatic rings. The maximum Gasteiger partial charge on any atom is 1.00 e. The number of carbonyl (C=O) groups excluding carboxylic acids is 1. The van der Waals surface area contributed by atoms with E-state index in [9.17, 15) is 14.7 Å². The van der Waals surface area contributed by atoms with Gasteiger partial charge in [-0.2, -0.15) is 11.8 Å². The van der Waals surface area contributed by atoms with Gasteiger partial charge in [-0.15, -0.1) is 0 Å². The second-order valence-corrected chi connectivity index (χ2v) is 8.06. The van der Waals surface area contributed by atoms with Gasteiger partial charge >= 0.3 is 24.8 Å². The van der Waals surface area contributed by atoms with Crippen molar-refractivity contribution in [1.29, 1.82) is 0 Å². The van der Waals surface area contributed by atoms with Crippen LogP contribution in [0.2, 0.25) is 0 Å². The zero-order valence-electron chi connectivity index (χ0n) is 19.3. The quantitative estimate of drug-likeness (QED) is 0.385. The monoisotopic (exact) mass is 446 g/mol. The van der Waals surface area contributed by atoms with E-state index in [1.54, 1.807) is 24.1 Å². The van der Waals surface area contributed by atoms with Gasteiger partial charge in [0, 0.05) is 12.1 Å². The predicted octanol–water partition coefficient (Wildman–Crippen LogP) is 1.29. The maximum atomic E-state index is 13.0. The Balaban J connectivity index is 0.00000272. The van der Waals surface area contributed by atoms with E-state index in [1.165, 1.54) is 0 Å². The smallest absolute Gasteiger partial charge is 1.00 e. The molecule has 32 heavy (non-hydrogen) atoms. The molecule has 0 fully saturated rings. The second-order valence-electron chi connectivity index (χ2n) is 7.07. The van der Waals surface area contributed by atoms with Crippen LogP contribution < -0.4 is 29.5 Å². The van der Waals surface area contributed by atoms with Crippen LogP contribution >= 0.6 is 11.8 Å². The summed E-state index contributed by atoms with van der Waals surface area (Å²) in [7, 11) is 0. The first-order valence-corrected chi connectivity index (χ1v) is 11.4. The summed E-state index contributed by atoms with van der Waals surface area (Å²) >= 11 is 1.55. The number of hydrogen-bond donors (Lipinski definition) is 3. The standard InChI is InChI=1S/C24H26N2O4S.Li.H/c1-31-13-11-22(24(28)29)26-23(27)20-10-9-17(15-25-16-19-8-5-12-30-19)14-21(20)18-6-3-2-4-7-18;;/h2-10,12,14,22,25H,11,13,15-16H2,1H3,(H,26,27)(H,28,29);;/q;+1;-1. The van der Waals surface area contributed by atoms with Gasteiger partial charge in [0.15, 0.2) is 0 Å². The molecule has 0 aliphatic carbocycles. The van der Waals surface area contributed by atoms with E-state index in [0.717, 1.165) is 22.5 Å². The third kappa shape index (κ3) is 7.32. The van der Waals surface area contributed by atoms with Crippen LogP contribution in [0.5, 0.6) is 0 Å². The van der Waals surface area contributed by atoms with Gasteiger partial charge in [0.2, 0.25) is 0 Å². The molecule has 0 bridgehead atoms. The number of amides is 1. The summed E-state index contributed by atoms with van der Waals surface area (Å²) in [5, 5.41) is 15.5. The fraction of sp³-hybridized carbons (Fsp3) is 0.250. The largest absolute Gasteiger partial charge is 1.00 e. The van der Waals surface area contributed by atoms with Crippen molar-refractivity contribution in [2.45, 2.75) is 25.6 Å². The van der Waals surface area contributed by atoms with Crippen molar-refractivity contribution < 1.29 is 39.4 Å². The van der Waals surface area contributed by atoms with Crippen LogP contribution in [0.1, 0.15) is 29.5 Å². The van der Waals surface area contributed by atoms with Crippen molar-refractivity contribution in [3.8, 4) is 11.1 Å². The number of nitrogens with one attached hydrogen (secondary N) is 2. The first-order valence-electron chi connectivity index (χ1n) is 10.0. The van der Waals surface area contributed by atoms with E-state index >= 15 is 0 Å². The van der Waals surface area contributed by atoms with Crippen molar-refractivity contribution in [2.24, 2.45) is 0 Å². The van der Waals surface area contributed by atoms with Crippen molar-refractivity contribution in [3.63, 3.8) is 0 Å². The molecule has 0 saturated carbocycles. The Kier molecular flexibility index (Phi) is 10.6. The number of thioether (sulfide) groups is 1. The van der Waals surface area contributed by atoms with Crippen LogP contribution in [-0.4, -0.2) is 35.0 Å². The van der Waals surface area contributed by atoms with E-state index in [2.05, 4.69) is 10.6 Å². The molecule has 2 aromatic carbocycles. The summed E-state index contributed by atoms with van der Waals surface area (Å²) in [6.45, 7) is 1.21. The van der Waals surface area contributed by atoms with Gasteiger partial charge in [-0.1, -0.05) is 36.4 Å². The number of rotatable bonds is 11. The normalized spacial score (nSPS) is 11.4. The summed E-state index contributed by atoms with van der Waals surface area (Å²) in [6.07, 6.45) is 3.92. The molecule has 0 radical (unpaired) electrons. The van der Waals surface area contributed by atoms with Gasteiger partial charge in [-0.05, 0) is 59.4 Å². The fourth-order valence-electron chi connectivity index (χ4n) is 3.23. The predicted molar refractivity (Wildman–Crippen MR) is 124 cm³/mol. The number of hydrogen-bond acceptors (Lipinski definition) is 5. The molecule has 1 aromatic heterocycles. The van der Waals surface area contributed by atoms with E-state index in [-0.39, 0.29) is 26.2 Å². The minimum atomic E-state index is -1.03. The molecule has 1 atom stereocenters. The van der Waals surface area contributed by atoms with Gasteiger partial charge in [-0.3, -0.25) is 4.79 Å². The van der Waals surface area contributed by atoms with Gasteiger partial charge in [0.05, 0.1) is 12.8 Å². The van der Waals surface area contributed by atoms with Crippen LogP contribution in [0, 0.1) is 0 Å². The number of carboxylic acid groups (broad SMARTS) is 1. The molecule has 164 valence electrons. The summed E-state index contributed by atoms with van der Waals surface area (Å²) < 4.78 is 5.33. The van der Waals surface area contributed by atoms with Gasteiger partial charge in [-0.25, -0.2) is 4.79 Å². The summed E-state index contributed by atoms with van der Waals surface area (Å²) in [5.41, 5.74) is 3.14. The molecule has 0 saturated heterocycles. The fourth-order valence-corrected chi connectivity index (χ4v) is 3.70. The molecule has 3 aromatic rings. The molecule has 8 heteroatoms. The third-order valence-corrected chi connectivity index (χ3v) is 5.48. The van der Waals surface area contributed by atoms with Crippen LogP contribution in [0.3, 0.4) is 0 Å². The maximum absolute atomic E-state index is 13.0. The molecule has 1 amide bonds. The van der Waals surface area contributed by atoms with Crippen molar-refractivity contribution in [2.75, 3.05) is 12.0 Å². The zero-order chi connectivity index (χ0) is 22.1. The molecule has 3 N–H and O–H groups in total. The third-order valence-electron chi connectivity index (χ3n) is 4.84. The first-order chi connectivity index (χ1) is 15.1. The van der Waals surface area contributed by atoms with E-state index in [4.69, 9.17) is 4.42 Å². The molecule has 1 unspecified atom stereocenters. The molecule has 3 rings (SSSR count). The minimum Gasteiger partial charge on any atom is -1.00 e. The molecule has 0 aliphatic heterocycles. The average Bonchev–Trinajstić information content (AvgIpc) is 3.30. The van der Waals surface area contributed by atoms with Crippen molar-refractivity contribution in [3.05, 3.63) is 83.8 Å². The molecule has 6 nitrogen and oxygen atoms in total. The summed E-state index contributed by atoms with van der Waals surface area (Å²) in [5.74, 6) is 0.0948. The van der Waals surface area contributed by atoms with E-state index in [0.29, 0.717) is 30.8 Å². The SMILES string of the molecule is CSCCC(NC(=O)c1ccc(CNCc2ccco2)cc1-c1ccccc1)C(=O)O.[H-].[Li+]. The molecule has 1 heterocycles. The second kappa shape index (κ2) is 13.2. The van der Waals surface area contributed by atoms with Crippen LogP contribution in [0.15, 0.2) is 71.3 Å².